The highest BCUT2D eigenvalue weighted by molar-refractivity contribution is 5.67. The second-order valence-electron chi connectivity index (χ2n) is 6.05. The summed E-state index contributed by atoms with van der Waals surface area (Å²) in [6.07, 6.45) is 4.00. The monoisotopic (exact) mass is 272 g/mol. The Labute approximate surface area is 118 Å². The van der Waals surface area contributed by atoms with Crippen molar-refractivity contribution >= 4 is 6.09 Å². The molecule has 19 heavy (non-hydrogen) atoms. The van der Waals surface area contributed by atoms with Crippen LogP contribution < -0.4 is 10.6 Å². The zero-order valence-corrected chi connectivity index (χ0v) is 13.6. The molecule has 0 aliphatic carbocycles. The second kappa shape index (κ2) is 8.41. The first-order valence-electron chi connectivity index (χ1n) is 7.50. The number of carbonyl (C=O) groups excluding carboxylic acids is 1. The summed E-state index contributed by atoms with van der Waals surface area (Å²) in [6, 6.07) is 0. The molecule has 114 valence electrons. The van der Waals surface area contributed by atoms with E-state index in [1.165, 1.54) is 0 Å². The van der Waals surface area contributed by atoms with Gasteiger partial charge in [-0.05, 0) is 53.0 Å². The van der Waals surface area contributed by atoms with Crippen molar-refractivity contribution in [3.63, 3.8) is 0 Å². The molecule has 0 saturated heterocycles. The van der Waals surface area contributed by atoms with E-state index in [0.717, 1.165) is 32.2 Å². The molecule has 0 radical (unpaired) electrons. The highest BCUT2D eigenvalue weighted by atomic mass is 16.6. The molecule has 0 spiro atoms. The molecule has 0 heterocycles. The Bertz CT molecular complexity index is 247. The van der Waals surface area contributed by atoms with E-state index >= 15 is 0 Å². The van der Waals surface area contributed by atoms with Crippen molar-refractivity contribution in [3.8, 4) is 0 Å². The van der Waals surface area contributed by atoms with Gasteiger partial charge in [0.05, 0.1) is 0 Å². The first kappa shape index (κ1) is 18.2. The van der Waals surface area contributed by atoms with Gasteiger partial charge in [-0.15, -0.1) is 0 Å². The highest BCUT2D eigenvalue weighted by Gasteiger charge is 2.22. The maximum Gasteiger partial charge on any atom is 0.407 e. The lowest BCUT2D eigenvalue weighted by molar-refractivity contribution is 0.0527. The van der Waals surface area contributed by atoms with E-state index in [4.69, 9.17) is 4.74 Å². The van der Waals surface area contributed by atoms with Gasteiger partial charge in [-0.1, -0.05) is 20.8 Å². The number of hydrogen-bond donors (Lipinski definition) is 2. The molecule has 0 saturated carbocycles. The summed E-state index contributed by atoms with van der Waals surface area (Å²) in [5.74, 6) is 0. The third-order valence-electron chi connectivity index (χ3n) is 3.55. The molecule has 0 unspecified atom stereocenters. The van der Waals surface area contributed by atoms with E-state index < -0.39 is 5.60 Å². The van der Waals surface area contributed by atoms with Gasteiger partial charge in [0, 0.05) is 12.1 Å². The molecular weight excluding hydrogens is 240 g/mol. The maximum absolute atomic E-state index is 11.4. The Hall–Kier alpha value is -0.770. The minimum atomic E-state index is -0.426. The van der Waals surface area contributed by atoms with E-state index in [0.29, 0.717) is 6.54 Å². The zero-order chi connectivity index (χ0) is 14.9. The summed E-state index contributed by atoms with van der Waals surface area (Å²) in [6.45, 7) is 13.8. The number of carbonyl (C=O) groups is 1. The number of amides is 1. The number of nitrogens with one attached hydrogen (secondary N) is 2. The standard InChI is InChI=1S/C15H32N2O2/c1-7-15(8-2,9-3)17-12-10-11-16-13(18)19-14(4,5)6/h17H,7-12H2,1-6H3,(H,16,18). The second-order valence-corrected chi connectivity index (χ2v) is 6.05. The lowest BCUT2D eigenvalue weighted by atomic mass is 9.90. The van der Waals surface area contributed by atoms with Crippen LogP contribution in [0.15, 0.2) is 0 Å². The molecule has 0 aromatic heterocycles. The Morgan fingerprint density at radius 2 is 1.53 bits per heavy atom. The summed E-state index contributed by atoms with van der Waals surface area (Å²) in [5, 5.41) is 6.39. The molecule has 0 aromatic carbocycles. The van der Waals surface area contributed by atoms with Crippen molar-refractivity contribution in [1.82, 2.24) is 10.6 Å². The van der Waals surface area contributed by atoms with E-state index in [9.17, 15) is 4.79 Å². The van der Waals surface area contributed by atoms with E-state index in [-0.39, 0.29) is 11.6 Å². The van der Waals surface area contributed by atoms with E-state index in [2.05, 4.69) is 31.4 Å². The SMILES string of the molecule is CCC(CC)(CC)NCCCNC(=O)OC(C)(C)C. The van der Waals surface area contributed by atoms with Crippen LogP contribution in [0.4, 0.5) is 4.79 Å². The third-order valence-corrected chi connectivity index (χ3v) is 3.55. The Morgan fingerprint density at radius 3 is 1.95 bits per heavy atom. The first-order valence-corrected chi connectivity index (χ1v) is 7.50. The summed E-state index contributed by atoms with van der Waals surface area (Å²) < 4.78 is 5.18. The average Bonchev–Trinajstić information content (AvgIpc) is 2.32. The summed E-state index contributed by atoms with van der Waals surface area (Å²) >= 11 is 0. The average molecular weight is 272 g/mol. The number of hydrogen-bond acceptors (Lipinski definition) is 3. The van der Waals surface area contributed by atoms with Gasteiger partial charge in [0.2, 0.25) is 0 Å². The Kier molecular flexibility index (Phi) is 8.07. The maximum atomic E-state index is 11.4. The van der Waals surface area contributed by atoms with Crippen LogP contribution in [-0.4, -0.2) is 30.3 Å². The molecule has 1 amide bonds. The Morgan fingerprint density at radius 1 is 1.00 bits per heavy atom. The van der Waals surface area contributed by atoms with Gasteiger partial charge in [0.15, 0.2) is 0 Å². The topological polar surface area (TPSA) is 50.4 Å². The van der Waals surface area contributed by atoms with Gasteiger partial charge in [0.1, 0.15) is 5.60 Å². The minimum absolute atomic E-state index is 0.256. The van der Waals surface area contributed by atoms with Gasteiger partial charge in [-0.3, -0.25) is 0 Å². The van der Waals surface area contributed by atoms with Crippen LogP contribution in [-0.2, 0) is 4.74 Å². The lowest BCUT2D eigenvalue weighted by Gasteiger charge is -2.32. The van der Waals surface area contributed by atoms with Crippen LogP contribution in [0.1, 0.15) is 67.2 Å². The van der Waals surface area contributed by atoms with Crippen molar-refractivity contribution in [3.05, 3.63) is 0 Å². The first-order chi connectivity index (χ1) is 8.78. The van der Waals surface area contributed by atoms with Gasteiger partial charge in [-0.2, -0.15) is 0 Å². The Balaban J connectivity index is 3.79. The zero-order valence-electron chi connectivity index (χ0n) is 13.6. The summed E-state index contributed by atoms with van der Waals surface area (Å²) in [5.41, 5.74) is -0.171. The molecule has 0 aliphatic heterocycles. The van der Waals surface area contributed by atoms with Gasteiger partial charge in [-0.25, -0.2) is 4.79 Å². The van der Waals surface area contributed by atoms with Crippen LogP contribution in [0.3, 0.4) is 0 Å². The van der Waals surface area contributed by atoms with Gasteiger partial charge in [0.25, 0.3) is 0 Å². The van der Waals surface area contributed by atoms with Crippen molar-refractivity contribution in [2.75, 3.05) is 13.1 Å². The van der Waals surface area contributed by atoms with Gasteiger partial charge >= 0.3 is 6.09 Å². The third kappa shape index (κ3) is 8.09. The van der Waals surface area contributed by atoms with E-state index in [1.54, 1.807) is 0 Å². The quantitative estimate of drug-likeness (QED) is 0.665. The number of ether oxygens (including phenoxy) is 1. The highest BCUT2D eigenvalue weighted by Crippen LogP contribution is 2.18. The smallest absolute Gasteiger partial charge is 0.407 e. The van der Waals surface area contributed by atoms with Crippen molar-refractivity contribution < 1.29 is 9.53 Å². The molecule has 4 heteroatoms. The van der Waals surface area contributed by atoms with Crippen molar-refractivity contribution in [2.45, 2.75) is 78.4 Å². The van der Waals surface area contributed by atoms with Crippen LogP contribution in [0.25, 0.3) is 0 Å². The molecule has 4 nitrogen and oxygen atoms in total. The molecule has 0 aromatic rings. The minimum Gasteiger partial charge on any atom is -0.444 e. The normalized spacial score (nSPS) is 12.3. The predicted octanol–water partition coefficient (Wildman–Crippen LogP) is 3.46. The number of alkyl carbamates (subject to hydrolysis) is 1. The number of rotatable bonds is 8. The molecule has 0 fully saturated rings. The summed E-state index contributed by atoms with van der Waals surface area (Å²) in [4.78, 5) is 11.4. The molecule has 0 bridgehead atoms. The van der Waals surface area contributed by atoms with Gasteiger partial charge < -0.3 is 15.4 Å². The van der Waals surface area contributed by atoms with Crippen molar-refractivity contribution in [1.29, 1.82) is 0 Å². The fourth-order valence-corrected chi connectivity index (χ4v) is 2.07. The largest absolute Gasteiger partial charge is 0.444 e. The predicted molar refractivity (Wildman–Crippen MR) is 80.5 cm³/mol. The summed E-state index contributed by atoms with van der Waals surface area (Å²) in [7, 11) is 0. The molecular formula is C15H32N2O2. The molecule has 2 N–H and O–H groups in total. The lowest BCUT2D eigenvalue weighted by Crippen LogP contribution is -2.44. The molecule has 0 aliphatic rings. The van der Waals surface area contributed by atoms with Crippen LogP contribution in [0.2, 0.25) is 0 Å². The van der Waals surface area contributed by atoms with Crippen LogP contribution >= 0.6 is 0 Å². The van der Waals surface area contributed by atoms with Crippen LogP contribution in [0, 0.1) is 0 Å². The fourth-order valence-electron chi connectivity index (χ4n) is 2.07. The van der Waals surface area contributed by atoms with E-state index in [1.807, 2.05) is 20.8 Å². The molecule has 0 atom stereocenters. The van der Waals surface area contributed by atoms with Crippen molar-refractivity contribution in [2.24, 2.45) is 0 Å². The fraction of sp³-hybridized carbons (Fsp3) is 0.933. The van der Waals surface area contributed by atoms with Crippen LogP contribution in [0.5, 0.6) is 0 Å². The molecule has 0 rings (SSSR count).